The van der Waals surface area contributed by atoms with Crippen LogP contribution in [0.5, 0.6) is 0 Å². The number of amides is 3. The Kier molecular flexibility index (Phi) is 9.71. The van der Waals surface area contributed by atoms with E-state index in [1.54, 1.807) is 36.1 Å². The number of hydrogen-bond donors (Lipinski definition) is 1. The van der Waals surface area contributed by atoms with Crippen molar-refractivity contribution >= 4 is 29.5 Å². The molecule has 9 nitrogen and oxygen atoms in total. The lowest BCUT2D eigenvalue weighted by Gasteiger charge is -2.38. The largest absolute Gasteiger partial charge is 0.463 e. The Balaban J connectivity index is 1.99. The van der Waals surface area contributed by atoms with Crippen molar-refractivity contribution in [3.63, 3.8) is 0 Å². The van der Waals surface area contributed by atoms with Gasteiger partial charge in [-0.15, -0.1) is 6.58 Å². The summed E-state index contributed by atoms with van der Waals surface area (Å²) in [6.45, 7) is 8.83. The van der Waals surface area contributed by atoms with Crippen molar-refractivity contribution in [3.05, 3.63) is 58.8 Å². The minimum atomic E-state index is -0.705. The highest BCUT2D eigenvalue weighted by Crippen LogP contribution is 2.33. The molecule has 2 heterocycles. The smallest absolute Gasteiger partial charge is 0.338 e. The highest BCUT2D eigenvalue weighted by atomic mass is 35.5. The summed E-state index contributed by atoms with van der Waals surface area (Å²) in [7, 11) is 1.50. The number of benzene rings is 1. The first-order valence-corrected chi connectivity index (χ1v) is 12.1. The van der Waals surface area contributed by atoms with Crippen LogP contribution < -0.4 is 5.32 Å². The number of nitrogens with one attached hydrogen (secondary N) is 1. The number of nitrogens with zero attached hydrogens (tertiary/aromatic N) is 3. The molecule has 1 aromatic rings. The van der Waals surface area contributed by atoms with Crippen molar-refractivity contribution in [2.24, 2.45) is 0 Å². The number of methoxy groups -OCH3 is 1. The van der Waals surface area contributed by atoms with Gasteiger partial charge in [0.2, 0.25) is 5.91 Å². The third kappa shape index (κ3) is 6.62. The first-order valence-electron chi connectivity index (χ1n) is 11.7. The highest BCUT2D eigenvalue weighted by molar-refractivity contribution is 6.30. The number of ether oxygens (including phenoxy) is 2. The predicted molar refractivity (Wildman–Crippen MR) is 133 cm³/mol. The zero-order valence-corrected chi connectivity index (χ0v) is 21.1. The van der Waals surface area contributed by atoms with Gasteiger partial charge in [-0.1, -0.05) is 29.8 Å². The van der Waals surface area contributed by atoms with Gasteiger partial charge in [0.05, 0.1) is 18.2 Å². The number of carbonyl (C=O) groups excluding carboxylic acids is 3. The van der Waals surface area contributed by atoms with E-state index in [0.717, 1.165) is 6.42 Å². The Bertz CT molecular complexity index is 982. The molecule has 3 rings (SSSR count). The van der Waals surface area contributed by atoms with Crippen LogP contribution in [0.2, 0.25) is 5.02 Å². The number of esters is 1. The topological polar surface area (TPSA) is 91.4 Å². The van der Waals surface area contributed by atoms with E-state index in [0.29, 0.717) is 54.6 Å². The maximum Gasteiger partial charge on any atom is 0.338 e. The predicted octanol–water partition coefficient (Wildman–Crippen LogP) is 2.59. The summed E-state index contributed by atoms with van der Waals surface area (Å²) in [6, 6.07) is 6.04. The molecule has 0 saturated carbocycles. The molecule has 1 N–H and O–H groups in total. The van der Waals surface area contributed by atoms with Gasteiger partial charge in [-0.05, 0) is 31.0 Å². The van der Waals surface area contributed by atoms with E-state index in [-0.39, 0.29) is 31.7 Å². The van der Waals surface area contributed by atoms with Crippen LogP contribution >= 0.6 is 11.6 Å². The lowest BCUT2D eigenvalue weighted by Crippen LogP contribution is -2.51. The van der Waals surface area contributed by atoms with Crippen LogP contribution in [0.4, 0.5) is 4.79 Å². The summed E-state index contributed by atoms with van der Waals surface area (Å²) in [5, 5.41) is 3.44. The van der Waals surface area contributed by atoms with Gasteiger partial charge in [-0.25, -0.2) is 9.59 Å². The molecule has 0 aliphatic carbocycles. The van der Waals surface area contributed by atoms with Crippen molar-refractivity contribution in [3.8, 4) is 0 Å². The van der Waals surface area contributed by atoms with Gasteiger partial charge in [0.15, 0.2) is 0 Å². The van der Waals surface area contributed by atoms with Gasteiger partial charge in [0.1, 0.15) is 6.61 Å². The zero-order valence-electron chi connectivity index (χ0n) is 20.3. The summed E-state index contributed by atoms with van der Waals surface area (Å²) in [6.07, 6.45) is 2.39. The number of halogens is 1. The second kappa shape index (κ2) is 12.7. The summed E-state index contributed by atoms with van der Waals surface area (Å²) >= 11 is 6.22. The van der Waals surface area contributed by atoms with Crippen LogP contribution in [0, 0.1) is 0 Å². The van der Waals surface area contributed by atoms with Crippen LogP contribution in [0.15, 0.2) is 48.2 Å². The summed E-state index contributed by atoms with van der Waals surface area (Å²) in [5.41, 5.74) is 1.62. The third-order valence-electron chi connectivity index (χ3n) is 6.01. The van der Waals surface area contributed by atoms with Gasteiger partial charge in [-0.3, -0.25) is 14.6 Å². The SMILES string of the molecule is C=CCN1C(=O)NC(c2cccc(Cl)c2)C(C(=O)OCC)=C1CN1CCCN(C(=O)COC)CC1. The van der Waals surface area contributed by atoms with E-state index in [2.05, 4.69) is 16.8 Å². The van der Waals surface area contributed by atoms with Crippen LogP contribution in [0.3, 0.4) is 0 Å². The van der Waals surface area contributed by atoms with E-state index in [4.69, 9.17) is 21.1 Å². The molecule has 1 saturated heterocycles. The van der Waals surface area contributed by atoms with E-state index >= 15 is 0 Å². The molecule has 1 atom stereocenters. The zero-order chi connectivity index (χ0) is 25.4. The Hall–Kier alpha value is -2.88. The Morgan fingerprint density at radius 3 is 2.74 bits per heavy atom. The van der Waals surface area contributed by atoms with Crippen LogP contribution in [0.1, 0.15) is 24.9 Å². The van der Waals surface area contributed by atoms with E-state index in [1.165, 1.54) is 12.0 Å². The molecule has 0 aromatic heterocycles. The van der Waals surface area contributed by atoms with Crippen LogP contribution in [-0.4, -0.2) is 92.2 Å². The lowest BCUT2D eigenvalue weighted by atomic mass is 9.94. The van der Waals surface area contributed by atoms with Gasteiger partial charge >= 0.3 is 12.0 Å². The molecule has 3 amide bonds. The number of rotatable bonds is 9. The van der Waals surface area contributed by atoms with Crippen molar-refractivity contribution in [1.29, 1.82) is 0 Å². The Morgan fingerprint density at radius 2 is 2.06 bits per heavy atom. The molecule has 1 aromatic carbocycles. The molecule has 1 fully saturated rings. The van der Waals surface area contributed by atoms with E-state index in [1.807, 2.05) is 6.07 Å². The van der Waals surface area contributed by atoms with Crippen LogP contribution in [0.25, 0.3) is 0 Å². The van der Waals surface area contributed by atoms with Gasteiger partial charge < -0.3 is 19.7 Å². The summed E-state index contributed by atoms with van der Waals surface area (Å²) in [4.78, 5) is 44.2. The molecule has 0 radical (unpaired) electrons. The van der Waals surface area contributed by atoms with Crippen LogP contribution in [-0.2, 0) is 19.1 Å². The first kappa shape index (κ1) is 26.7. The van der Waals surface area contributed by atoms with Crippen molar-refractivity contribution in [2.75, 3.05) is 59.6 Å². The Morgan fingerprint density at radius 1 is 1.26 bits per heavy atom. The molecular formula is C25H33ClN4O5. The fourth-order valence-electron chi connectivity index (χ4n) is 4.39. The molecule has 2 aliphatic rings. The molecule has 2 aliphatic heterocycles. The molecule has 0 spiro atoms. The lowest BCUT2D eigenvalue weighted by molar-refractivity contribution is -0.139. The monoisotopic (exact) mass is 504 g/mol. The number of hydrogen-bond acceptors (Lipinski definition) is 6. The minimum absolute atomic E-state index is 0.0484. The molecule has 10 heteroatoms. The summed E-state index contributed by atoms with van der Waals surface area (Å²) in [5.74, 6) is -0.541. The van der Waals surface area contributed by atoms with Crippen molar-refractivity contribution in [2.45, 2.75) is 19.4 Å². The second-order valence-electron chi connectivity index (χ2n) is 8.36. The first-order chi connectivity index (χ1) is 16.9. The molecule has 190 valence electrons. The average Bonchev–Trinajstić information content (AvgIpc) is 3.07. The van der Waals surface area contributed by atoms with Gasteiger partial charge in [-0.2, -0.15) is 0 Å². The second-order valence-corrected chi connectivity index (χ2v) is 8.80. The Labute approximate surface area is 211 Å². The average molecular weight is 505 g/mol. The van der Waals surface area contributed by atoms with Crippen molar-refractivity contribution < 1.29 is 23.9 Å². The molecular weight excluding hydrogens is 472 g/mol. The third-order valence-corrected chi connectivity index (χ3v) is 6.24. The standard InChI is InChI=1S/C25H33ClN4O5/c1-4-10-30-20(16-28-11-7-12-29(14-13-28)21(31)17-34-3)22(24(32)35-5-2)23(27-25(30)33)18-8-6-9-19(26)15-18/h4,6,8-9,15,23H,1,5,7,10-14,16-17H2,2-3H3,(H,27,33). The fourth-order valence-corrected chi connectivity index (χ4v) is 4.59. The highest BCUT2D eigenvalue weighted by Gasteiger charge is 2.38. The van der Waals surface area contributed by atoms with E-state index < -0.39 is 12.0 Å². The molecule has 1 unspecified atom stereocenters. The number of carbonyl (C=O) groups is 3. The number of urea groups is 1. The molecule has 35 heavy (non-hydrogen) atoms. The summed E-state index contributed by atoms with van der Waals surface area (Å²) < 4.78 is 10.4. The van der Waals surface area contributed by atoms with E-state index in [9.17, 15) is 14.4 Å². The van der Waals surface area contributed by atoms with Crippen molar-refractivity contribution in [1.82, 2.24) is 20.0 Å². The minimum Gasteiger partial charge on any atom is -0.463 e. The quantitative estimate of drug-likeness (QED) is 0.410. The van der Waals surface area contributed by atoms with Gasteiger partial charge in [0, 0.05) is 57.1 Å². The maximum atomic E-state index is 13.3. The van der Waals surface area contributed by atoms with Gasteiger partial charge in [0.25, 0.3) is 0 Å². The normalized spacial score (nSPS) is 19.3. The fraction of sp³-hybridized carbons (Fsp3) is 0.480. The maximum absolute atomic E-state index is 13.3. The molecule has 0 bridgehead atoms.